The van der Waals surface area contributed by atoms with E-state index in [1.165, 1.54) is 31.3 Å². The Kier molecular flexibility index (Phi) is 34.3. The Morgan fingerprint density at radius 2 is 1.15 bits per heavy atom. The van der Waals surface area contributed by atoms with Crippen molar-refractivity contribution in [2.24, 2.45) is 0 Å². The van der Waals surface area contributed by atoms with Crippen molar-refractivity contribution in [3.8, 4) is 17.1 Å². The smallest absolute Gasteiger partial charge is 0.269 e. The average molecular weight is 1900 g/mol. The summed E-state index contributed by atoms with van der Waals surface area (Å²) < 4.78 is 4.81. The van der Waals surface area contributed by atoms with Gasteiger partial charge in [0.2, 0.25) is 7.59 Å². The molecule has 16 nitrogen and oxygen atoms in total. The molecule has 0 spiro atoms. The van der Waals surface area contributed by atoms with Crippen molar-refractivity contribution >= 4 is 198 Å². The minimum atomic E-state index is -1.85. The monoisotopic (exact) mass is 1900 g/mol. The van der Waals surface area contributed by atoms with Gasteiger partial charge in [0.05, 0.1) is 18.8 Å². The van der Waals surface area contributed by atoms with E-state index in [2.05, 4.69) is 149 Å². The topological polar surface area (TPSA) is 158 Å². The zero-order chi connectivity index (χ0) is 77.6. The number of carbonyl (C=O) groups excluding carboxylic acids is 5. The summed E-state index contributed by atoms with van der Waals surface area (Å²) in [5.74, 6) is -0.200. The molecule has 3 radical (unpaired) electrons. The van der Waals surface area contributed by atoms with E-state index in [-0.39, 0.29) is 149 Å². The Labute approximate surface area is 766 Å². The number of rotatable bonds is 16. The van der Waals surface area contributed by atoms with Crippen molar-refractivity contribution in [2.45, 2.75) is 133 Å². The predicted octanol–water partition coefficient (Wildman–Crippen LogP) is 20.0. The second kappa shape index (κ2) is 40.6. The third-order valence-corrected chi connectivity index (χ3v) is 22.7. The summed E-state index contributed by atoms with van der Waals surface area (Å²) in [6.07, 6.45) is 8.69. The number of nitrogens with zero attached hydrogens (tertiary/aromatic N) is 10. The largest absolute Gasteiger partial charge is 0.456 e. The number of thioether (sulfide) groups is 1. The van der Waals surface area contributed by atoms with Crippen molar-refractivity contribution in [2.75, 3.05) is 55.2 Å². The number of thiocarbonyl (C=S) groups is 2. The van der Waals surface area contributed by atoms with Crippen molar-refractivity contribution in [3.63, 3.8) is 0 Å². The van der Waals surface area contributed by atoms with Gasteiger partial charge in [-0.25, -0.2) is 15.0 Å². The number of allylic oxidation sites excluding steroid dienone is 3. The number of halogens is 6. The van der Waals surface area contributed by atoms with Crippen LogP contribution in [0.25, 0.3) is 44.8 Å². The number of hydrogen-bond acceptors (Lipinski definition) is 14. The van der Waals surface area contributed by atoms with E-state index in [0.29, 0.717) is 48.4 Å². The maximum absolute atomic E-state index is 13.2. The Morgan fingerprint density at radius 3 is 1.70 bits per heavy atom. The molecule has 0 saturated carbocycles. The third-order valence-electron chi connectivity index (χ3n) is 18.3. The zero-order valence-electron chi connectivity index (χ0n) is 63.7. The number of benzene rings is 6. The van der Waals surface area contributed by atoms with Gasteiger partial charge in [0.1, 0.15) is 22.7 Å². The summed E-state index contributed by atoms with van der Waals surface area (Å²) in [4.78, 5) is 89.6. The first kappa shape index (κ1) is 93.0. The Morgan fingerprint density at radius 1 is 0.591 bits per heavy atom. The maximum atomic E-state index is 13.2. The molecular formula is C81H86Cl6N10O6S3SiY3. The van der Waals surface area contributed by atoms with E-state index in [1.54, 1.807) is 27.6 Å². The summed E-state index contributed by atoms with van der Waals surface area (Å²) in [6, 6.07) is 44.6. The minimum absolute atomic E-state index is 0. The van der Waals surface area contributed by atoms with Gasteiger partial charge in [-0.2, -0.15) is 0 Å². The van der Waals surface area contributed by atoms with Gasteiger partial charge >= 0.3 is 0 Å². The van der Waals surface area contributed by atoms with Crippen LogP contribution in [0.15, 0.2) is 172 Å². The summed E-state index contributed by atoms with van der Waals surface area (Å²) in [5.41, 5.74) is 12.5. The number of anilines is 2. The summed E-state index contributed by atoms with van der Waals surface area (Å²) in [6.45, 7) is 29.7. The molecule has 0 atom stereocenters. The molecule has 29 heteroatoms. The number of hydrogen-bond donors (Lipinski definition) is 0. The molecule has 110 heavy (non-hydrogen) atoms. The van der Waals surface area contributed by atoms with E-state index >= 15 is 0 Å². The Hall–Kier alpha value is -4.16. The SMILES string of the molecule is CCC1=CC(=C2C(=O)N(CC)C(=S)N(CC)C2=O)Oc2cc(N(CC)CC)ccc21.CCCN1C(=O)C(=Cc2ccc3c(c2)c2ccccc2n3CCC)C(=O)N(CCC)C1=S.C[Si](C)(C)CN1/C(=C2\Cc3ccccc3C2=O)Sc2ccccc21.Cc1ccc(-c2nc(C(Cl)(Cl)Cl)nc(C(Cl)(Cl)Cl)n2)cc1.[Y].[Y].[Y]. The van der Waals surface area contributed by atoms with E-state index in [9.17, 15) is 24.0 Å². The standard InChI is InChI=1S/C26H29N3O2S.C23H29N3O3S.C20H21NOSSi.C12H7Cl6N3.3Y/c1-4-13-27-22-10-8-7-9-19(22)20-16-18(11-12-23(20)27)17-21-24(30)28(14-5-2)26(32)29(15-6-3)25(21)31;1-6-15-13-19(20-21(27)25(9-4)23(30)26(10-5)22(20)28)29-18-14-16(11-12-17(15)18)24(7-2)8-3;1-24(2,3)13-21-17-10-6-7-11-18(17)23-20(21)16-12-14-8-4-5-9-15(14)19(16)22;1-6-2-4-7(5-3-6)8-19-9(11(13,14)15)21-10(20-8)12(16,17)18;;;/h7-12,16-17H,4-6,13-15H2,1-3H3;11-14H,6-10H2,1-5H3;4-11H,12-13H2,1-3H3;2-5H,1H3;;;/b;;20-16-;;;;. The molecular weight excluding hydrogens is 1810 g/mol. The molecule has 6 heterocycles. The minimum Gasteiger partial charge on any atom is -0.456 e. The van der Waals surface area contributed by atoms with Gasteiger partial charge in [-0.3, -0.25) is 43.6 Å². The van der Waals surface area contributed by atoms with Gasteiger partial charge in [0.15, 0.2) is 33.5 Å². The zero-order valence-corrected chi connectivity index (χ0v) is 80.2. The van der Waals surface area contributed by atoms with E-state index in [1.807, 2.05) is 101 Å². The maximum Gasteiger partial charge on any atom is 0.269 e. The van der Waals surface area contributed by atoms with Gasteiger partial charge in [-0.05, 0) is 156 Å². The molecule has 4 amide bonds. The summed E-state index contributed by atoms with van der Waals surface area (Å²) in [5, 5.41) is 4.03. The number of ketones is 1. The van der Waals surface area contributed by atoms with Crippen LogP contribution >= 0.6 is 106 Å². The van der Waals surface area contributed by atoms with E-state index in [0.717, 1.165) is 118 Å². The summed E-state index contributed by atoms with van der Waals surface area (Å²) in [7, 11) is -1.32. The van der Waals surface area contributed by atoms with Gasteiger partial charge in [0.25, 0.3) is 23.6 Å². The van der Waals surface area contributed by atoms with Gasteiger partial charge < -0.3 is 19.1 Å². The molecule has 2 fully saturated rings. The second-order valence-electron chi connectivity index (χ2n) is 27.1. The van der Waals surface area contributed by atoms with Crippen molar-refractivity contribution in [1.29, 1.82) is 0 Å². The number of fused-ring (bicyclic) bond motifs is 6. The normalized spacial score (nSPS) is 15.5. The van der Waals surface area contributed by atoms with Crippen LogP contribution in [0.5, 0.6) is 5.75 Å². The molecule has 5 aliphatic rings. The Balaban J connectivity index is 0.000000204. The first-order chi connectivity index (χ1) is 50.9. The van der Waals surface area contributed by atoms with Crippen molar-refractivity contribution in [1.82, 2.24) is 39.1 Å². The fourth-order valence-corrected chi connectivity index (χ4v) is 17.1. The Bertz CT molecular complexity index is 4850. The van der Waals surface area contributed by atoms with Crippen LogP contribution in [0.1, 0.15) is 125 Å². The molecule has 0 N–H and O–H groups in total. The van der Waals surface area contributed by atoms with Gasteiger partial charge in [0, 0.05) is 217 Å². The molecule has 13 rings (SSSR count). The number of aryl methyl sites for hydroxylation is 2. The first-order valence-corrected chi connectivity index (χ1v) is 43.5. The fourth-order valence-electron chi connectivity index (χ4n) is 13.2. The molecule has 2 saturated heterocycles. The number of ether oxygens (including phenoxy) is 1. The molecule has 1 aliphatic carbocycles. The van der Waals surface area contributed by atoms with Crippen LogP contribution in [0.4, 0.5) is 11.4 Å². The molecule has 569 valence electrons. The van der Waals surface area contributed by atoms with Gasteiger partial charge in [-0.15, -0.1) is 0 Å². The van der Waals surface area contributed by atoms with Crippen molar-refractivity contribution in [3.05, 3.63) is 207 Å². The average Bonchev–Trinajstić information content (AvgIpc) is 1.34. The quantitative estimate of drug-likeness (QED) is 0.0296. The summed E-state index contributed by atoms with van der Waals surface area (Å²) >= 11 is 47.5. The number of aromatic nitrogens is 4. The van der Waals surface area contributed by atoms with Crippen LogP contribution in [0.2, 0.25) is 19.6 Å². The number of likely N-dealkylation sites (N-methyl/N-ethyl adjacent to an activating group) is 2. The number of amides is 4. The number of carbonyl (C=O) groups is 5. The number of alkyl halides is 6. The fraction of sp³-hybridized carbons (Fsp3) is 0.333. The second-order valence-corrected chi connectivity index (χ2v) is 38.9. The van der Waals surface area contributed by atoms with Gasteiger partial charge in [-0.1, -0.05) is 219 Å². The predicted molar refractivity (Wildman–Crippen MR) is 451 cm³/mol. The molecule has 8 aromatic rings. The third kappa shape index (κ3) is 21.0. The molecule has 4 aliphatic heterocycles. The first-order valence-electron chi connectivity index (χ1n) is 35.9. The molecule has 0 unspecified atom stereocenters. The molecule has 6 aromatic carbocycles. The molecule has 0 bridgehead atoms. The number of Topliss-reactive ketones (excluding diaryl/α,β-unsaturated/α-hetero) is 1. The van der Waals surface area contributed by atoms with E-state index < -0.39 is 27.5 Å². The van der Waals surface area contributed by atoms with Crippen LogP contribution in [0.3, 0.4) is 0 Å². The van der Waals surface area contributed by atoms with Crippen molar-refractivity contribution < 1.29 is 127 Å². The molecule has 2 aromatic heterocycles. The van der Waals surface area contributed by atoms with Crippen LogP contribution in [-0.4, -0.2) is 132 Å². The van der Waals surface area contributed by atoms with Crippen LogP contribution in [0, 0.1) is 6.92 Å². The number of para-hydroxylation sites is 2. The van der Waals surface area contributed by atoms with E-state index in [4.69, 9.17) is 98.8 Å². The van der Waals surface area contributed by atoms with Crippen LogP contribution < -0.4 is 14.5 Å². The van der Waals surface area contributed by atoms with Crippen LogP contribution in [-0.2, 0) is 138 Å².